The van der Waals surface area contributed by atoms with Gasteiger partial charge in [-0.1, -0.05) is 6.92 Å². The van der Waals surface area contributed by atoms with Gasteiger partial charge in [-0.25, -0.2) is 4.98 Å². The first-order chi connectivity index (χ1) is 7.63. The van der Waals surface area contributed by atoms with E-state index < -0.39 is 0 Å². The summed E-state index contributed by atoms with van der Waals surface area (Å²) in [6.45, 7) is 5.93. The van der Waals surface area contributed by atoms with Crippen LogP contribution in [0.15, 0.2) is 16.7 Å². The number of aromatic nitrogens is 1. The Balaban J connectivity index is 2.32. The number of aryl methyl sites for hydroxylation is 1. The van der Waals surface area contributed by atoms with Crippen LogP contribution in [-0.2, 0) is 0 Å². The van der Waals surface area contributed by atoms with E-state index in [9.17, 15) is 0 Å². The first-order valence-corrected chi connectivity index (χ1v) is 6.49. The van der Waals surface area contributed by atoms with Gasteiger partial charge >= 0.3 is 0 Å². The van der Waals surface area contributed by atoms with Crippen LogP contribution in [0.1, 0.15) is 25.3 Å². The third-order valence-corrected chi connectivity index (χ3v) is 3.15. The van der Waals surface area contributed by atoms with Crippen LogP contribution >= 0.6 is 15.9 Å². The second kappa shape index (κ2) is 6.86. The number of pyridine rings is 1. The molecule has 1 aromatic rings. The van der Waals surface area contributed by atoms with E-state index in [-0.39, 0.29) is 0 Å². The van der Waals surface area contributed by atoms with Crippen LogP contribution in [0.2, 0.25) is 0 Å². The first kappa shape index (κ1) is 13.5. The molecule has 0 aliphatic carbocycles. The van der Waals surface area contributed by atoms with Crippen molar-refractivity contribution in [1.29, 1.82) is 0 Å². The molecule has 3 N–H and O–H groups in total. The highest BCUT2D eigenvalue weighted by molar-refractivity contribution is 9.10. The van der Waals surface area contributed by atoms with Gasteiger partial charge in [-0.3, -0.25) is 0 Å². The number of halogens is 1. The summed E-state index contributed by atoms with van der Waals surface area (Å²) in [6, 6.07) is 2.07. The Labute approximate surface area is 106 Å². The standard InChI is InChI=1S/C12H20BrN3/c1-9(7-14)4-3-5-15-12-11(13)6-10(2)8-16-12/h6,8-9H,3-5,7,14H2,1-2H3,(H,15,16). The van der Waals surface area contributed by atoms with E-state index in [0.717, 1.165) is 41.8 Å². The van der Waals surface area contributed by atoms with Gasteiger partial charge in [0.25, 0.3) is 0 Å². The topological polar surface area (TPSA) is 50.9 Å². The second-order valence-corrected chi connectivity index (χ2v) is 5.11. The molecule has 0 amide bonds. The Kier molecular flexibility index (Phi) is 5.77. The molecule has 0 aromatic carbocycles. The number of nitrogens with zero attached hydrogens (tertiary/aromatic N) is 1. The van der Waals surface area contributed by atoms with Crippen molar-refractivity contribution in [1.82, 2.24) is 4.98 Å². The molecule has 90 valence electrons. The van der Waals surface area contributed by atoms with Gasteiger partial charge in [-0.15, -0.1) is 0 Å². The lowest BCUT2D eigenvalue weighted by molar-refractivity contribution is 0.529. The Morgan fingerprint density at radius 3 is 2.94 bits per heavy atom. The number of hydrogen-bond donors (Lipinski definition) is 2. The highest BCUT2D eigenvalue weighted by Crippen LogP contribution is 2.20. The number of rotatable bonds is 6. The van der Waals surface area contributed by atoms with Gasteiger partial charge in [0.2, 0.25) is 0 Å². The average Bonchev–Trinajstić information content (AvgIpc) is 2.26. The molecule has 0 saturated heterocycles. The molecule has 0 radical (unpaired) electrons. The molecule has 1 heterocycles. The molecule has 1 aromatic heterocycles. The van der Waals surface area contributed by atoms with Crippen LogP contribution in [0.25, 0.3) is 0 Å². The van der Waals surface area contributed by atoms with Crippen LogP contribution < -0.4 is 11.1 Å². The van der Waals surface area contributed by atoms with Crippen molar-refractivity contribution in [2.45, 2.75) is 26.7 Å². The van der Waals surface area contributed by atoms with Gasteiger partial charge in [0.1, 0.15) is 5.82 Å². The quantitative estimate of drug-likeness (QED) is 0.790. The molecule has 0 bridgehead atoms. The monoisotopic (exact) mass is 285 g/mol. The Hall–Kier alpha value is -0.610. The van der Waals surface area contributed by atoms with Gasteiger partial charge < -0.3 is 11.1 Å². The van der Waals surface area contributed by atoms with Crippen molar-refractivity contribution >= 4 is 21.7 Å². The second-order valence-electron chi connectivity index (χ2n) is 4.25. The van der Waals surface area contributed by atoms with E-state index in [4.69, 9.17) is 5.73 Å². The zero-order valence-electron chi connectivity index (χ0n) is 9.96. The minimum absolute atomic E-state index is 0.608. The molecular formula is C12H20BrN3. The number of nitrogens with two attached hydrogens (primary N) is 1. The van der Waals surface area contributed by atoms with E-state index in [0.29, 0.717) is 5.92 Å². The van der Waals surface area contributed by atoms with E-state index in [1.807, 2.05) is 13.1 Å². The largest absolute Gasteiger partial charge is 0.369 e. The number of nitrogens with one attached hydrogen (secondary N) is 1. The summed E-state index contributed by atoms with van der Waals surface area (Å²) in [4.78, 5) is 4.33. The lowest BCUT2D eigenvalue weighted by atomic mass is 10.1. The predicted molar refractivity (Wildman–Crippen MR) is 72.6 cm³/mol. The molecule has 0 spiro atoms. The van der Waals surface area contributed by atoms with Crippen LogP contribution in [-0.4, -0.2) is 18.1 Å². The maximum atomic E-state index is 5.57. The smallest absolute Gasteiger partial charge is 0.140 e. The summed E-state index contributed by atoms with van der Waals surface area (Å²) < 4.78 is 1.03. The predicted octanol–water partition coefficient (Wildman–Crippen LogP) is 2.94. The summed E-state index contributed by atoms with van der Waals surface area (Å²) in [6.07, 6.45) is 4.16. The molecule has 16 heavy (non-hydrogen) atoms. The summed E-state index contributed by atoms with van der Waals surface area (Å²) >= 11 is 3.50. The van der Waals surface area contributed by atoms with E-state index in [1.165, 1.54) is 0 Å². The molecular weight excluding hydrogens is 266 g/mol. The number of anilines is 1. The zero-order chi connectivity index (χ0) is 12.0. The molecule has 1 unspecified atom stereocenters. The van der Waals surface area contributed by atoms with E-state index >= 15 is 0 Å². The fourth-order valence-electron chi connectivity index (χ4n) is 1.44. The highest BCUT2D eigenvalue weighted by atomic mass is 79.9. The van der Waals surface area contributed by atoms with Crippen LogP contribution in [0, 0.1) is 12.8 Å². The van der Waals surface area contributed by atoms with Crippen molar-refractivity contribution < 1.29 is 0 Å². The first-order valence-electron chi connectivity index (χ1n) is 5.69. The van der Waals surface area contributed by atoms with E-state index in [1.54, 1.807) is 0 Å². The maximum absolute atomic E-state index is 5.57. The maximum Gasteiger partial charge on any atom is 0.140 e. The lowest BCUT2D eigenvalue weighted by Gasteiger charge is -2.10. The molecule has 0 fully saturated rings. The molecule has 0 aliphatic heterocycles. The normalized spacial score (nSPS) is 12.5. The Morgan fingerprint density at radius 1 is 1.56 bits per heavy atom. The Morgan fingerprint density at radius 2 is 2.31 bits per heavy atom. The third-order valence-electron chi connectivity index (χ3n) is 2.55. The van der Waals surface area contributed by atoms with Crippen LogP contribution in [0.5, 0.6) is 0 Å². The molecule has 3 nitrogen and oxygen atoms in total. The summed E-state index contributed by atoms with van der Waals surface area (Å²) in [7, 11) is 0. The number of hydrogen-bond acceptors (Lipinski definition) is 3. The highest BCUT2D eigenvalue weighted by Gasteiger charge is 2.02. The SMILES string of the molecule is Cc1cnc(NCCCC(C)CN)c(Br)c1. The van der Waals surface area contributed by atoms with Crippen molar-refractivity contribution in [2.24, 2.45) is 11.7 Å². The lowest BCUT2D eigenvalue weighted by Crippen LogP contribution is -2.12. The molecule has 1 atom stereocenters. The van der Waals surface area contributed by atoms with Gasteiger partial charge in [0.05, 0.1) is 4.47 Å². The van der Waals surface area contributed by atoms with Gasteiger partial charge in [-0.05, 0) is 59.8 Å². The fourth-order valence-corrected chi connectivity index (χ4v) is 2.04. The molecule has 4 heteroatoms. The average molecular weight is 286 g/mol. The van der Waals surface area contributed by atoms with Crippen LogP contribution in [0.3, 0.4) is 0 Å². The third kappa shape index (κ3) is 4.49. The van der Waals surface area contributed by atoms with Gasteiger partial charge in [0, 0.05) is 12.7 Å². The Bertz CT molecular complexity index is 328. The minimum Gasteiger partial charge on any atom is -0.369 e. The molecule has 1 rings (SSSR count). The van der Waals surface area contributed by atoms with Crippen molar-refractivity contribution in [3.63, 3.8) is 0 Å². The van der Waals surface area contributed by atoms with Gasteiger partial charge in [0.15, 0.2) is 0 Å². The van der Waals surface area contributed by atoms with Crippen LogP contribution in [0.4, 0.5) is 5.82 Å². The zero-order valence-corrected chi connectivity index (χ0v) is 11.5. The van der Waals surface area contributed by atoms with Gasteiger partial charge in [-0.2, -0.15) is 0 Å². The molecule has 0 saturated carbocycles. The van der Waals surface area contributed by atoms with E-state index in [2.05, 4.69) is 39.2 Å². The molecule has 0 aliphatic rings. The summed E-state index contributed by atoms with van der Waals surface area (Å²) in [5, 5.41) is 3.32. The summed E-state index contributed by atoms with van der Waals surface area (Å²) in [5.41, 5.74) is 6.73. The minimum atomic E-state index is 0.608. The summed E-state index contributed by atoms with van der Waals surface area (Å²) in [5.74, 6) is 1.53. The van der Waals surface area contributed by atoms with Crippen molar-refractivity contribution in [2.75, 3.05) is 18.4 Å². The van der Waals surface area contributed by atoms with Crippen molar-refractivity contribution in [3.05, 3.63) is 22.3 Å². The van der Waals surface area contributed by atoms with Crippen molar-refractivity contribution in [3.8, 4) is 0 Å². The fraction of sp³-hybridized carbons (Fsp3) is 0.583.